The number of hydrogen-bond donors (Lipinski definition) is 5. The monoisotopic (exact) mass is 975 g/mol. The number of phosphoric acid groups is 2. The lowest BCUT2D eigenvalue weighted by molar-refractivity contribution is -0.161. The van der Waals surface area contributed by atoms with Gasteiger partial charge in [-0.25, -0.2) is 13.9 Å². The summed E-state index contributed by atoms with van der Waals surface area (Å²) in [4.78, 5) is 61.8. The molecule has 0 bridgehead atoms. The molecule has 2 saturated heterocycles. The Labute approximate surface area is 389 Å². The second-order valence-corrected chi connectivity index (χ2v) is 19.9. The predicted molar refractivity (Wildman–Crippen MR) is 247 cm³/mol. The van der Waals surface area contributed by atoms with Gasteiger partial charge in [0.25, 0.3) is 0 Å². The molecule has 5 unspecified atom stereocenters. The van der Waals surface area contributed by atoms with E-state index >= 15 is 0 Å². The van der Waals surface area contributed by atoms with Gasteiger partial charge in [0.1, 0.15) is 30.7 Å². The first-order valence-electron chi connectivity index (χ1n) is 23.5. The highest BCUT2D eigenvalue weighted by Crippen LogP contribution is 2.60. The number of phosphoric ester groups is 2. The number of aliphatic hydroxyl groups is 2. The average Bonchev–Trinajstić information content (AvgIpc) is 3.96. The Morgan fingerprint density at radius 2 is 1.48 bits per heavy atom. The van der Waals surface area contributed by atoms with Crippen LogP contribution in [0.25, 0.3) is 0 Å². The van der Waals surface area contributed by atoms with E-state index in [4.69, 9.17) is 33.7 Å². The number of nitrogens with zero attached hydrogens (tertiary/aromatic N) is 2. The summed E-state index contributed by atoms with van der Waals surface area (Å²) in [6.07, 6.45) is 22.9. The summed E-state index contributed by atoms with van der Waals surface area (Å²) in [6, 6.07) is 1.24. The molecule has 0 amide bonds. The molecule has 3 rings (SSSR count). The van der Waals surface area contributed by atoms with Crippen molar-refractivity contribution >= 4 is 33.4 Å². The lowest BCUT2D eigenvalue weighted by Gasteiger charge is -2.21. The van der Waals surface area contributed by atoms with Crippen molar-refractivity contribution < 1.29 is 71.0 Å². The number of nitrogens with two attached hydrogens (primary N) is 1. The van der Waals surface area contributed by atoms with Gasteiger partial charge in [-0.1, -0.05) is 115 Å². The minimum Gasteiger partial charge on any atom is -0.462 e. The second kappa shape index (κ2) is 31.1. The third-order valence-corrected chi connectivity index (χ3v) is 13.8. The predicted octanol–water partition coefficient (Wildman–Crippen LogP) is 7.67. The van der Waals surface area contributed by atoms with E-state index in [0.29, 0.717) is 25.2 Å². The van der Waals surface area contributed by atoms with Crippen LogP contribution in [0.15, 0.2) is 53.5 Å². The number of carbonyl (C=O) groups is 2. The Morgan fingerprint density at radius 3 is 2.20 bits per heavy atom. The second-order valence-electron chi connectivity index (χ2n) is 16.9. The number of rotatable bonds is 36. The SMILES string of the molecule is CCCCC/C=C\C/C=C\C/C=C\CC1OC1CCCC(=O)OC[C@H](COP(=O)(O)OP(=O)(O)OC[C@H]1O[C@@H](n2ccc(N)nc2=O)[C@H](O)[C@@H]1O)OC(=O)CCCCCCCCC(C)CC. The van der Waals surface area contributed by atoms with Gasteiger partial charge in [0.05, 0.1) is 25.4 Å². The molecule has 2 fully saturated rings. The van der Waals surface area contributed by atoms with Crippen molar-refractivity contribution in [2.75, 3.05) is 25.6 Å². The zero-order valence-corrected chi connectivity index (χ0v) is 40.6. The summed E-state index contributed by atoms with van der Waals surface area (Å²) < 4.78 is 62.4. The van der Waals surface area contributed by atoms with E-state index < -0.39 is 83.7 Å². The molecule has 1 aromatic rings. The van der Waals surface area contributed by atoms with E-state index in [1.165, 1.54) is 31.7 Å². The fourth-order valence-electron chi connectivity index (χ4n) is 7.02. The van der Waals surface area contributed by atoms with Crippen LogP contribution in [-0.4, -0.2) is 97.9 Å². The smallest absolute Gasteiger partial charge is 0.462 e. The van der Waals surface area contributed by atoms with E-state index in [1.807, 2.05) is 0 Å². The molecule has 10 atom stereocenters. The fourth-order valence-corrected chi connectivity index (χ4v) is 9.13. The number of aromatic nitrogens is 2. The number of epoxide rings is 1. The standard InChI is InChI=1S/C45H75N3O16P2/c1-4-6-7-8-9-10-11-12-13-14-18-21-25-36-37(62-36)26-23-28-40(49)58-31-35(61-41(50)27-22-19-16-15-17-20-24-34(3)5-2)32-59-65(54,55)64-66(56,57)60-33-38-42(51)43(52)44(63-38)48-30-29-39(46)47-45(48)53/h9-10,12-13,18,21,29-30,34-38,42-44,51-52H,4-8,11,14-17,19-20,22-28,31-33H2,1-3H3,(H,54,55)(H,56,57)(H2,46,47,53)/b10-9-,13-12-,21-18-/t34?,35-,36?,37?,38-,42-,43-,44-/m1/s1. The Bertz CT molecular complexity index is 1830. The molecule has 66 heavy (non-hydrogen) atoms. The summed E-state index contributed by atoms with van der Waals surface area (Å²) in [5, 5.41) is 20.9. The maximum Gasteiger partial charge on any atom is 0.481 e. The lowest BCUT2D eigenvalue weighted by atomic mass is 10.00. The number of hydrogen-bond acceptors (Lipinski definition) is 16. The van der Waals surface area contributed by atoms with Gasteiger partial charge in [-0.2, -0.15) is 9.29 Å². The van der Waals surface area contributed by atoms with Crippen LogP contribution < -0.4 is 11.4 Å². The van der Waals surface area contributed by atoms with Crippen LogP contribution in [0.4, 0.5) is 5.82 Å². The summed E-state index contributed by atoms with van der Waals surface area (Å²) in [5.41, 5.74) is 4.57. The molecule has 21 heteroatoms. The van der Waals surface area contributed by atoms with E-state index in [2.05, 4.69) is 66.5 Å². The van der Waals surface area contributed by atoms with Gasteiger partial charge in [-0.05, 0) is 63.4 Å². The number of ether oxygens (including phenoxy) is 4. The molecular formula is C45H75N3O16P2. The maximum absolute atomic E-state index is 12.8. The van der Waals surface area contributed by atoms with Crippen molar-refractivity contribution in [2.45, 2.75) is 186 Å². The summed E-state index contributed by atoms with van der Waals surface area (Å²) in [6.45, 7) is 4.25. The number of carbonyl (C=O) groups excluding carboxylic acids is 2. The lowest BCUT2D eigenvalue weighted by Crippen LogP contribution is -2.36. The van der Waals surface area contributed by atoms with Crippen LogP contribution in [0.3, 0.4) is 0 Å². The van der Waals surface area contributed by atoms with Gasteiger partial charge in [0, 0.05) is 19.0 Å². The minimum atomic E-state index is -5.43. The molecule has 376 valence electrons. The highest BCUT2D eigenvalue weighted by atomic mass is 31.3. The zero-order valence-electron chi connectivity index (χ0n) is 38.8. The van der Waals surface area contributed by atoms with Gasteiger partial charge in [-0.15, -0.1) is 0 Å². The molecule has 2 aliphatic rings. The van der Waals surface area contributed by atoms with Gasteiger partial charge in [-0.3, -0.25) is 23.2 Å². The van der Waals surface area contributed by atoms with Crippen molar-refractivity contribution in [3.63, 3.8) is 0 Å². The molecule has 0 saturated carbocycles. The van der Waals surface area contributed by atoms with Crippen molar-refractivity contribution in [3.05, 3.63) is 59.2 Å². The number of anilines is 1. The Morgan fingerprint density at radius 1 is 0.818 bits per heavy atom. The van der Waals surface area contributed by atoms with Crippen molar-refractivity contribution in [1.82, 2.24) is 9.55 Å². The van der Waals surface area contributed by atoms with Crippen molar-refractivity contribution in [3.8, 4) is 0 Å². The molecule has 0 spiro atoms. The highest BCUT2D eigenvalue weighted by molar-refractivity contribution is 7.61. The topological polar surface area (TPSA) is 278 Å². The Balaban J connectivity index is 1.43. The highest BCUT2D eigenvalue weighted by Gasteiger charge is 2.46. The third kappa shape index (κ3) is 23.8. The quantitative estimate of drug-likeness (QED) is 0.0142. The van der Waals surface area contributed by atoms with Crippen LogP contribution >= 0.6 is 15.6 Å². The van der Waals surface area contributed by atoms with Crippen LogP contribution in [0.1, 0.15) is 149 Å². The molecule has 6 N–H and O–H groups in total. The molecule has 2 aliphatic heterocycles. The molecular weight excluding hydrogens is 900 g/mol. The average molecular weight is 976 g/mol. The Hall–Kier alpha value is -3.06. The summed E-state index contributed by atoms with van der Waals surface area (Å²) in [5.74, 6) is -0.678. The van der Waals surface area contributed by atoms with Crippen LogP contribution in [0.5, 0.6) is 0 Å². The summed E-state index contributed by atoms with van der Waals surface area (Å²) >= 11 is 0. The molecule has 3 heterocycles. The zero-order chi connectivity index (χ0) is 48.4. The van der Waals surface area contributed by atoms with E-state index in [-0.39, 0.29) is 30.9 Å². The van der Waals surface area contributed by atoms with E-state index in [1.54, 1.807) is 0 Å². The number of unbranched alkanes of at least 4 members (excludes halogenated alkanes) is 8. The first-order valence-corrected chi connectivity index (χ1v) is 26.5. The van der Waals surface area contributed by atoms with Crippen LogP contribution in [0.2, 0.25) is 0 Å². The first kappa shape index (κ1) is 57.3. The van der Waals surface area contributed by atoms with Crippen LogP contribution in [0, 0.1) is 5.92 Å². The van der Waals surface area contributed by atoms with Crippen molar-refractivity contribution in [2.24, 2.45) is 5.92 Å². The molecule has 1 aromatic heterocycles. The van der Waals surface area contributed by atoms with Crippen LogP contribution in [-0.2, 0) is 51.0 Å². The minimum absolute atomic E-state index is 0.0314. The normalized spacial score (nSPS) is 23.6. The van der Waals surface area contributed by atoms with Gasteiger partial charge in [0.2, 0.25) is 0 Å². The van der Waals surface area contributed by atoms with E-state index in [0.717, 1.165) is 75.0 Å². The molecule has 0 radical (unpaired) electrons. The number of allylic oxidation sites excluding steroid dienone is 5. The number of aliphatic hydroxyl groups excluding tert-OH is 2. The summed E-state index contributed by atoms with van der Waals surface area (Å²) in [7, 11) is -10.9. The van der Waals surface area contributed by atoms with Gasteiger partial charge >= 0.3 is 33.3 Å². The van der Waals surface area contributed by atoms with Gasteiger partial charge in [0.15, 0.2) is 12.3 Å². The number of nitrogen functional groups attached to an aromatic ring is 1. The van der Waals surface area contributed by atoms with Gasteiger partial charge < -0.3 is 44.7 Å². The van der Waals surface area contributed by atoms with E-state index in [9.17, 15) is 43.5 Å². The molecule has 0 aromatic carbocycles. The maximum atomic E-state index is 12.8. The largest absolute Gasteiger partial charge is 0.481 e. The Kier molecular flexibility index (Phi) is 27.0. The molecule has 0 aliphatic carbocycles. The molecule has 19 nitrogen and oxygen atoms in total. The first-order chi connectivity index (χ1) is 31.5. The van der Waals surface area contributed by atoms with Crippen molar-refractivity contribution in [1.29, 1.82) is 0 Å². The third-order valence-electron chi connectivity index (χ3n) is 11.2. The number of esters is 2. The fraction of sp³-hybridized carbons (Fsp3) is 0.733.